The Morgan fingerprint density at radius 3 is 2.56 bits per heavy atom. The maximum Gasteiger partial charge on any atom is 0.341 e. The highest BCUT2D eigenvalue weighted by Gasteiger charge is 2.12. The van der Waals surface area contributed by atoms with Gasteiger partial charge >= 0.3 is 5.97 Å². The number of carboxylic acid groups (broad SMARTS) is 1. The Balaban J connectivity index is 2.18. The molecule has 0 aromatic heterocycles. The van der Waals surface area contributed by atoms with Crippen molar-refractivity contribution in [3.63, 3.8) is 0 Å². The topological polar surface area (TPSA) is 77.4 Å². The Kier molecular flexibility index (Phi) is 6.82. The van der Waals surface area contributed by atoms with Crippen molar-refractivity contribution in [3.05, 3.63) is 46.4 Å². The minimum Gasteiger partial charge on any atom is -0.494 e. The van der Waals surface area contributed by atoms with E-state index in [1.165, 1.54) is 7.11 Å². The molecule has 2 aromatic carbocycles. The molecule has 0 amide bonds. The number of hydrogen-bond donors (Lipinski definition) is 1. The van der Waals surface area contributed by atoms with Gasteiger partial charge in [-0.2, -0.15) is 0 Å². The molecule has 0 spiro atoms. The molecule has 0 fully saturated rings. The maximum absolute atomic E-state index is 10.7. The van der Waals surface area contributed by atoms with Gasteiger partial charge in [0.1, 0.15) is 5.75 Å². The van der Waals surface area contributed by atoms with E-state index < -0.39 is 12.6 Å². The largest absolute Gasteiger partial charge is 0.494 e. The van der Waals surface area contributed by atoms with Gasteiger partial charge in [0.05, 0.1) is 23.9 Å². The van der Waals surface area contributed by atoms with Crippen LogP contribution < -0.4 is 14.2 Å². The average molecular weight is 408 g/mol. The van der Waals surface area contributed by atoms with Crippen molar-refractivity contribution in [2.24, 2.45) is 4.99 Å². The Bertz CT molecular complexity index is 759. The van der Waals surface area contributed by atoms with Crippen molar-refractivity contribution in [1.29, 1.82) is 0 Å². The molecule has 7 heteroatoms. The van der Waals surface area contributed by atoms with Crippen LogP contribution in [0.25, 0.3) is 0 Å². The fraction of sp³-hybridized carbons (Fsp3) is 0.222. The van der Waals surface area contributed by atoms with E-state index in [0.717, 1.165) is 17.0 Å². The van der Waals surface area contributed by atoms with E-state index in [1.54, 1.807) is 18.3 Å². The minimum absolute atomic E-state index is 0.336. The first-order valence-corrected chi connectivity index (χ1v) is 8.31. The smallest absolute Gasteiger partial charge is 0.341 e. The summed E-state index contributed by atoms with van der Waals surface area (Å²) in [7, 11) is 1.49. The van der Waals surface area contributed by atoms with Crippen LogP contribution in [0.2, 0.25) is 0 Å². The summed E-state index contributed by atoms with van der Waals surface area (Å²) >= 11 is 3.37. The van der Waals surface area contributed by atoms with E-state index in [4.69, 9.17) is 19.3 Å². The second kappa shape index (κ2) is 9.08. The van der Waals surface area contributed by atoms with Crippen molar-refractivity contribution in [2.45, 2.75) is 6.92 Å². The summed E-state index contributed by atoms with van der Waals surface area (Å²) in [6.45, 7) is 2.10. The van der Waals surface area contributed by atoms with Gasteiger partial charge in [-0.25, -0.2) is 4.79 Å². The summed E-state index contributed by atoms with van der Waals surface area (Å²) in [5, 5.41) is 8.74. The van der Waals surface area contributed by atoms with Crippen LogP contribution >= 0.6 is 15.9 Å². The molecule has 0 bridgehead atoms. The predicted octanol–water partition coefficient (Wildman–Crippen LogP) is 4.07. The van der Waals surface area contributed by atoms with Gasteiger partial charge in [-0.3, -0.25) is 4.99 Å². The minimum atomic E-state index is -1.06. The SMILES string of the molecule is CCOc1ccc(N=Cc2cc(Br)c(OCC(=O)O)c(OC)c2)cc1. The molecule has 0 atom stereocenters. The molecule has 0 aliphatic heterocycles. The number of aliphatic imine (C=N–C) groups is 1. The van der Waals surface area contributed by atoms with Crippen LogP contribution in [0, 0.1) is 0 Å². The van der Waals surface area contributed by atoms with Gasteiger partial charge in [-0.05, 0) is 64.8 Å². The molecule has 1 N–H and O–H groups in total. The molecule has 0 unspecified atom stereocenters. The molecular weight excluding hydrogens is 390 g/mol. The summed E-state index contributed by atoms with van der Waals surface area (Å²) in [4.78, 5) is 15.1. The number of methoxy groups -OCH3 is 1. The number of hydrogen-bond acceptors (Lipinski definition) is 5. The number of rotatable bonds is 8. The van der Waals surface area contributed by atoms with Crippen LogP contribution in [-0.2, 0) is 4.79 Å². The zero-order valence-electron chi connectivity index (χ0n) is 13.9. The number of ether oxygens (including phenoxy) is 3. The average Bonchev–Trinajstić information content (AvgIpc) is 2.59. The maximum atomic E-state index is 10.7. The van der Waals surface area contributed by atoms with Crippen LogP contribution in [0.4, 0.5) is 5.69 Å². The molecule has 0 aliphatic rings. The number of halogens is 1. The molecular formula is C18H18BrNO5. The van der Waals surface area contributed by atoms with Crippen LogP contribution in [0.15, 0.2) is 45.9 Å². The van der Waals surface area contributed by atoms with Crippen LogP contribution in [-0.4, -0.2) is 37.6 Å². The fourth-order valence-corrected chi connectivity index (χ4v) is 2.61. The van der Waals surface area contributed by atoms with E-state index in [2.05, 4.69) is 20.9 Å². The third-order valence-corrected chi connectivity index (χ3v) is 3.69. The monoisotopic (exact) mass is 407 g/mol. The molecule has 0 radical (unpaired) electrons. The Labute approximate surface area is 154 Å². The molecule has 132 valence electrons. The van der Waals surface area contributed by atoms with Gasteiger partial charge in [0.25, 0.3) is 0 Å². The van der Waals surface area contributed by atoms with E-state index in [9.17, 15) is 4.79 Å². The molecule has 2 aromatic rings. The first-order valence-electron chi connectivity index (χ1n) is 7.52. The van der Waals surface area contributed by atoms with E-state index >= 15 is 0 Å². The first-order chi connectivity index (χ1) is 12.0. The lowest BCUT2D eigenvalue weighted by molar-refractivity contribution is -0.139. The van der Waals surface area contributed by atoms with Crippen molar-refractivity contribution in [2.75, 3.05) is 20.3 Å². The Hall–Kier alpha value is -2.54. The Morgan fingerprint density at radius 2 is 1.96 bits per heavy atom. The summed E-state index contributed by atoms with van der Waals surface area (Å²) in [6, 6.07) is 10.9. The number of benzene rings is 2. The van der Waals surface area contributed by atoms with Gasteiger partial charge in [0, 0.05) is 6.21 Å². The van der Waals surface area contributed by atoms with Gasteiger partial charge < -0.3 is 19.3 Å². The molecule has 0 saturated carbocycles. The second-order valence-corrected chi connectivity index (χ2v) is 5.76. The fourth-order valence-electron chi connectivity index (χ4n) is 2.03. The zero-order chi connectivity index (χ0) is 18.2. The van der Waals surface area contributed by atoms with Gasteiger partial charge in [-0.15, -0.1) is 0 Å². The molecule has 0 heterocycles. The molecule has 0 saturated heterocycles. The highest BCUT2D eigenvalue weighted by molar-refractivity contribution is 9.10. The lowest BCUT2D eigenvalue weighted by Gasteiger charge is -2.12. The summed E-state index contributed by atoms with van der Waals surface area (Å²) < 4.78 is 16.5. The second-order valence-electron chi connectivity index (χ2n) is 4.90. The first kappa shape index (κ1) is 18.8. The summed E-state index contributed by atoms with van der Waals surface area (Å²) in [5.41, 5.74) is 1.56. The molecule has 25 heavy (non-hydrogen) atoms. The van der Waals surface area contributed by atoms with Gasteiger partial charge in [0.15, 0.2) is 18.1 Å². The third-order valence-electron chi connectivity index (χ3n) is 3.10. The van der Waals surface area contributed by atoms with Crippen LogP contribution in [0.5, 0.6) is 17.2 Å². The van der Waals surface area contributed by atoms with Crippen molar-refractivity contribution in [3.8, 4) is 17.2 Å². The standard InChI is InChI=1S/C18H18BrNO5/c1-3-24-14-6-4-13(5-7-14)20-10-12-8-15(19)18(16(9-12)23-2)25-11-17(21)22/h4-10H,3,11H2,1-2H3,(H,21,22). The third kappa shape index (κ3) is 5.49. The Morgan fingerprint density at radius 1 is 1.24 bits per heavy atom. The number of aliphatic carboxylic acids is 1. The molecule has 6 nitrogen and oxygen atoms in total. The lowest BCUT2D eigenvalue weighted by atomic mass is 10.2. The highest BCUT2D eigenvalue weighted by Crippen LogP contribution is 2.36. The molecule has 0 aliphatic carbocycles. The predicted molar refractivity (Wildman–Crippen MR) is 98.7 cm³/mol. The quantitative estimate of drug-likeness (QED) is 0.667. The van der Waals surface area contributed by atoms with Crippen molar-refractivity contribution in [1.82, 2.24) is 0 Å². The van der Waals surface area contributed by atoms with E-state index in [1.807, 2.05) is 31.2 Å². The number of carbonyl (C=O) groups is 1. The van der Waals surface area contributed by atoms with Crippen molar-refractivity contribution >= 4 is 33.8 Å². The van der Waals surface area contributed by atoms with Gasteiger partial charge in [-0.1, -0.05) is 0 Å². The number of nitrogens with zero attached hydrogens (tertiary/aromatic N) is 1. The summed E-state index contributed by atoms with van der Waals surface area (Å²) in [5.74, 6) is 0.493. The van der Waals surface area contributed by atoms with E-state index in [-0.39, 0.29) is 0 Å². The number of carboxylic acids is 1. The normalized spacial score (nSPS) is 10.7. The van der Waals surface area contributed by atoms with Crippen LogP contribution in [0.3, 0.4) is 0 Å². The summed E-state index contributed by atoms with van der Waals surface area (Å²) in [6.07, 6.45) is 1.68. The van der Waals surface area contributed by atoms with Crippen LogP contribution in [0.1, 0.15) is 12.5 Å². The van der Waals surface area contributed by atoms with Gasteiger partial charge in [0.2, 0.25) is 0 Å². The lowest BCUT2D eigenvalue weighted by Crippen LogP contribution is -2.10. The van der Waals surface area contributed by atoms with E-state index in [0.29, 0.717) is 22.6 Å². The van der Waals surface area contributed by atoms with Crippen molar-refractivity contribution < 1.29 is 24.1 Å². The highest BCUT2D eigenvalue weighted by atomic mass is 79.9. The molecule has 2 rings (SSSR count). The zero-order valence-corrected chi connectivity index (χ0v) is 15.4.